The van der Waals surface area contributed by atoms with E-state index in [0.29, 0.717) is 17.9 Å². The summed E-state index contributed by atoms with van der Waals surface area (Å²) in [7, 11) is 1.39. The van der Waals surface area contributed by atoms with Crippen LogP contribution in [0.5, 0.6) is 5.75 Å². The van der Waals surface area contributed by atoms with E-state index < -0.39 is 23.4 Å². The van der Waals surface area contributed by atoms with Crippen molar-refractivity contribution in [1.82, 2.24) is 4.98 Å². The minimum atomic E-state index is -1.62. The van der Waals surface area contributed by atoms with Crippen LogP contribution in [0.4, 0.5) is 18.9 Å². The molecule has 0 bridgehead atoms. The van der Waals surface area contributed by atoms with Crippen LogP contribution in [0.3, 0.4) is 0 Å². The van der Waals surface area contributed by atoms with Crippen molar-refractivity contribution in [3.05, 3.63) is 53.6 Å². The number of carbonyl (C=O) groups is 1. The average Bonchev–Trinajstić information content (AvgIpc) is 2.44. The summed E-state index contributed by atoms with van der Waals surface area (Å²) in [4.78, 5) is 15.6. The lowest BCUT2D eigenvalue weighted by Crippen LogP contribution is -2.14. The Morgan fingerprint density at radius 2 is 1.90 bits per heavy atom. The van der Waals surface area contributed by atoms with Crippen LogP contribution in [0.15, 0.2) is 30.6 Å². The summed E-state index contributed by atoms with van der Waals surface area (Å²) in [5.41, 5.74) is -0.127. The summed E-state index contributed by atoms with van der Waals surface area (Å²) in [6.07, 6.45) is 2.76. The predicted octanol–water partition coefficient (Wildman–Crippen LogP) is 2.76. The van der Waals surface area contributed by atoms with Crippen molar-refractivity contribution >= 4 is 11.6 Å². The van der Waals surface area contributed by atoms with E-state index in [9.17, 15) is 18.0 Å². The van der Waals surface area contributed by atoms with Crippen LogP contribution in [-0.4, -0.2) is 18.0 Å². The van der Waals surface area contributed by atoms with E-state index in [1.54, 1.807) is 0 Å². The van der Waals surface area contributed by atoms with Crippen LogP contribution in [0, 0.1) is 17.5 Å². The second-order valence-electron chi connectivity index (χ2n) is 3.78. The Labute approximate surface area is 112 Å². The Balaban J connectivity index is 2.29. The van der Waals surface area contributed by atoms with Gasteiger partial charge in [-0.1, -0.05) is 0 Å². The summed E-state index contributed by atoms with van der Waals surface area (Å²) < 4.78 is 43.9. The number of halogens is 3. The number of ether oxygens (including phenoxy) is 1. The summed E-state index contributed by atoms with van der Waals surface area (Å²) in [6, 6.07) is 2.72. The van der Waals surface area contributed by atoms with E-state index in [1.807, 2.05) is 0 Å². The molecule has 1 aromatic heterocycles. The quantitative estimate of drug-likeness (QED) is 0.881. The number of methoxy groups -OCH3 is 1. The molecule has 20 heavy (non-hydrogen) atoms. The largest absolute Gasteiger partial charge is 0.494 e. The van der Waals surface area contributed by atoms with Gasteiger partial charge in [0.15, 0.2) is 17.5 Å². The number of pyridine rings is 1. The van der Waals surface area contributed by atoms with Gasteiger partial charge in [0.2, 0.25) is 0 Å². The molecule has 0 atom stereocenters. The Hall–Kier alpha value is -2.57. The zero-order chi connectivity index (χ0) is 14.7. The van der Waals surface area contributed by atoms with Crippen LogP contribution in [0.1, 0.15) is 10.4 Å². The van der Waals surface area contributed by atoms with E-state index >= 15 is 0 Å². The zero-order valence-corrected chi connectivity index (χ0v) is 10.3. The lowest BCUT2D eigenvalue weighted by Gasteiger charge is -2.09. The molecule has 1 heterocycles. The monoisotopic (exact) mass is 282 g/mol. The van der Waals surface area contributed by atoms with Gasteiger partial charge in [0.1, 0.15) is 11.4 Å². The van der Waals surface area contributed by atoms with E-state index in [4.69, 9.17) is 4.74 Å². The molecule has 0 aliphatic rings. The molecule has 7 heteroatoms. The molecule has 2 rings (SSSR count). The van der Waals surface area contributed by atoms with Gasteiger partial charge in [0, 0.05) is 17.8 Å². The van der Waals surface area contributed by atoms with E-state index in [0.717, 1.165) is 0 Å². The highest BCUT2D eigenvalue weighted by Gasteiger charge is 2.16. The molecule has 0 unspecified atom stereocenters. The van der Waals surface area contributed by atoms with Gasteiger partial charge in [0.05, 0.1) is 13.3 Å². The number of rotatable bonds is 3. The molecule has 104 valence electrons. The maximum absolute atomic E-state index is 13.1. The molecule has 1 aromatic carbocycles. The molecule has 0 aliphatic heterocycles. The molecule has 1 amide bonds. The SMILES string of the molecule is COc1ccncc1NC(=O)c1cc(F)c(F)c(F)c1. The topological polar surface area (TPSA) is 51.2 Å². The summed E-state index contributed by atoms with van der Waals surface area (Å²) >= 11 is 0. The third-order valence-electron chi connectivity index (χ3n) is 2.50. The molecule has 1 N–H and O–H groups in total. The van der Waals surface area contributed by atoms with Crippen molar-refractivity contribution in [2.75, 3.05) is 12.4 Å². The maximum Gasteiger partial charge on any atom is 0.256 e. The first kappa shape index (κ1) is 13.9. The van der Waals surface area contributed by atoms with Gasteiger partial charge >= 0.3 is 0 Å². The summed E-state index contributed by atoms with van der Waals surface area (Å²) in [5, 5.41) is 2.37. The fourth-order valence-corrected chi connectivity index (χ4v) is 1.53. The number of aromatic nitrogens is 1. The summed E-state index contributed by atoms with van der Waals surface area (Å²) in [6.45, 7) is 0. The van der Waals surface area contributed by atoms with Gasteiger partial charge in [-0.2, -0.15) is 0 Å². The van der Waals surface area contributed by atoms with Gasteiger partial charge in [-0.25, -0.2) is 13.2 Å². The van der Waals surface area contributed by atoms with Crippen LogP contribution in [0.25, 0.3) is 0 Å². The smallest absolute Gasteiger partial charge is 0.256 e. The number of anilines is 1. The number of nitrogens with zero attached hydrogens (tertiary/aromatic N) is 1. The van der Waals surface area contributed by atoms with E-state index in [-0.39, 0.29) is 11.3 Å². The molecular weight excluding hydrogens is 273 g/mol. The Bertz CT molecular complexity index is 639. The van der Waals surface area contributed by atoms with Crippen LogP contribution >= 0.6 is 0 Å². The number of carbonyl (C=O) groups excluding carboxylic acids is 1. The number of hydrogen-bond donors (Lipinski definition) is 1. The van der Waals surface area contributed by atoms with Crippen molar-refractivity contribution in [3.63, 3.8) is 0 Å². The Morgan fingerprint density at radius 1 is 1.25 bits per heavy atom. The van der Waals surface area contributed by atoms with Gasteiger partial charge in [0.25, 0.3) is 5.91 Å². The van der Waals surface area contributed by atoms with Crippen molar-refractivity contribution in [2.24, 2.45) is 0 Å². The molecule has 0 saturated heterocycles. The normalized spacial score (nSPS) is 10.2. The Morgan fingerprint density at radius 3 is 2.50 bits per heavy atom. The van der Waals surface area contributed by atoms with Gasteiger partial charge in [-0.05, 0) is 12.1 Å². The molecular formula is C13H9F3N2O2. The van der Waals surface area contributed by atoms with Crippen molar-refractivity contribution in [1.29, 1.82) is 0 Å². The zero-order valence-electron chi connectivity index (χ0n) is 10.3. The van der Waals surface area contributed by atoms with Gasteiger partial charge < -0.3 is 10.1 Å². The number of hydrogen-bond acceptors (Lipinski definition) is 3. The lowest BCUT2D eigenvalue weighted by atomic mass is 10.2. The first-order chi connectivity index (χ1) is 9.52. The third-order valence-corrected chi connectivity index (χ3v) is 2.50. The van der Waals surface area contributed by atoms with Crippen LogP contribution < -0.4 is 10.1 Å². The lowest BCUT2D eigenvalue weighted by molar-refractivity contribution is 0.102. The highest BCUT2D eigenvalue weighted by Crippen LogP contribution is 2.23. The standard InChI is InChI=1S/C13H9F3N2O2/c1-20-11-2-3-17-6-10(11)18-13(19)7-4-8(14)12(16)9(15)5-7/h2-6H,1H3,(H,18,19). The molecule has 0 radical (unpaired) electrons. The Kier molecular flexibility index (Phi) is 3.88. The molecule has 0 saturated carbocycles. The number of nitrogens with one attached hydrogen (secondary N) is 1. The average molecular weight is 282 g/mol. The molecule has 0 fully saturated rings. The number of amides is 1. The first-order valence-corrected chi connectivity index (χ1v) is 5.47. The van der Waals surface area contributed by atoms with E-state index in [1.165, 1.54) is 25.6 Å². The summed E-state index contributed by atoms with van der Waals surface area (Å²) in [5.74, 6) is -4.98. The fourth-order valence-electron chi connectivity index (χ4n) is 1.53. The molecule has 0 aliphatic carbocycles. The highest BCUT2D eigenvalue weighted by molar-refractivity contribution is 6.04. The fraction of sp³-hybridized carbons (Fsp3) is 0.0769. The minimum Gasteiger partial charge on any atom is -0.494 e. The van der Waals surface area contributed by atoms with Crippen molar-refractivity contribution in [2.45, 2.75) is 0 Å². The van der Waals surface area contributed by atoms with Gasteiger partial charge in [-0.15, -0.1) is 0 Å². The molecule has 2 aromatic rings. The second kappa shape index (κ2) is 5.60. The molecule has 4 nitrogen and oxygen atoms in total. The maximum atomic E-state index is 13.1. The van der Waals surface area contributed by atoms with Crippen molar-refractivity contribution in [3.8, 4) is 5.75 Å². The minimum absolute atomic E-state index is 0.227. The van der Waals surface area contributed by atoms with Crippen LogP contribution in [0.2, 0.25) is 0 Å². The van der Waals surface area contributed by atoms with Crippen molar-refractivity contribution < 1.29 is 22.7 Å². The highest BCUT2D eigenvalue weighted by atomic mass is 19.2. The molecule has 0 spiro atoms. The van der Waals surface area contributed by atoms with Gasteiger partial charge in [-0.3, -0.25) is 9.78 Å². The third kappa shape index (κ3) is 2.71. The van der Waals surface area contributed by atoms with E-state index in [2.05, 4.69) is 10.3 Å². The first-order valence-electron chi connectivity index (χ1n) is 5.47. The van der Waals surface area contributed by atoms with Crippen LogP contribution in [-0.2, 0) is 0 Å². The predicted molar refractivity (Wildman–Crippen MR) is 65.1 cm³/mol. The number of benzene rings is 1. The second-order valence-corrected chi connectivity index (χ2v) is 3.78.